The van der Waals surface area contributed by atoms with Crippen LogP contribution in [0.2, 0.25) is 0 Å². The maximum Gasteiger partial charge on any atom is 0.298 e. The molecule has 122 valence electrons. The third kappa shape index (κ3) is 3.04. The molecule has 0 bridgehead atoms. The first-order valence-electron chi connectivity index (χ1n) is 8.28. The van der Waals surface area contributed by atoms with Crippen molar-refractivity contribution in [2.75, 3.05) is 42.6 Å². The maximum absolute atomic E-state index is 12.6. The van der Waals surface area contributed by atoms with Gasteiger partial charge in [0.25, 0.3) is 6.01 Å². The third-order valence-electron chi connectivity index (χ3n) is 4.72. The fourth-order valence-electron chi connectivity index (χ4n) is 3.35. The van der Waals surface area contributed by atoms with Crippen LogP contribution >= 0.6 is 11.8 Å². The highest BCUT2D eigenvalue weighted by Crippen LogP contribution is 2.27. The lowest BCUT2D eigenvalue weighted by molar-refractivity contribution is -0.135. The minimum absolute atomic E-state index is 0.165. The summed E-state index contributed by atoms with van der Waals surface area (Å²) in [5.41, 5.74) is 1.72. The number of carbonyl (C=O) groups excluding carboxylic acids is 1. The number of rotatable bonds is 2. The van der Waals surface area contributed by atoms with Crippen molar-refractivity contribution in [2.24, 2.45) is 5.92 Å². The Balaban J connectivity index is 1.39. The molecule has 1 aromatic carbocycles. The lowest BCUT2D eigenvalue weighted by Gasteiger charge is -2.34. The van der Waals surface area contributed by atoms with Gasteiger partial charge in [-0.3, -0.25) is 4.79 Å². The van der Waals surface area contributed by atoms with E-state index < -0.39 is 0 Å². The number of carbonyl (C=O) groups is 1. The van der Waals surface area contributed by atoms with Crippen LogP contribution in [0.5, 0.6) is 0 Å². The first-order valence-corrected chi connectivity index (χ1v) is 9.44. The molecule has 0 N–H and O–H groups in total. The maximum atomic E-state index is 12.6. The van der Waals surface area contributed by atoms with Gasteiger partial charge in [0, 0.05) is 43.6 Å². The molecule has 2 aliphatic rings. The molecule has 1 amide bonds. The summed E-state index contributed by atoms with van der Waals surface area (Å²) in [7, 11) is 0. The smallest absolute Gasteiger partial charge is 0.298 e. The predicted molar refractivity (Wildman–Crippen MR) is 92.9 cm³/mol. The van der Waals surface area contributed by atoms with E-state index in [9.17, 15) is 4.79 Å². The minimum atomic E-state index is 0.165. The quantitative estimate of drug-likeness (QED) is 0.847. The molecule has 2 aromatic rings. The molecule has 23 heavy (non-hydrogen) atoms. The Kier molecular flexibility index (Phi) is 4.16. The second kappa shape index (κ2) is 6.43. The molecule has 2 fully saturated rings. The van der Waals surface area contributed by atoms with Gasteiger partial charge in [0.2, 0.25) is 5.91 Å². The van der Waals surface area contributed by atoms with Crippen molar-refractivity contribution < 1.29 is 9.21 Å². The fourth-order valence-corrected chi connectivity index (χ4v) is 4.26. The van der Waals surface area contributed by atoms with E-state index in [1.54, 1.807) is 0 Å². The molecule has 2 aliphatic heterocycles. The lowest BCUT2D eigenvalue weighted by Crippen LogP contribution is -2.45. The van der Waals surface area contributed by atoms with Crippen molar-refractivity contribution in [3.63, 3.8) is 0 Å². The van der Waals surface area contributed by atoms with Gasteiger partial charge in [-0.05, 0) is 25.0 Å². The summed E-state index contributed by atoms with van der Waals surface area (Å²) in [5.74, 6) is 2.67. The van der Waals surface area contributed by atoms with Crippen LogP contribution < -0.4 is 4.90 Å². The summed E-state index contributed by atoms with van der Waals surface area (Å²) in [6.45, 7) is 3.50. The standard InChI is InChI=1S/C17H21N3O2S/c21-16(19-9-11-23-12-10-19)13-5-7-20(8-6-13)17-18-14-3-1-2-4-15(14)22-17/h1-4,13H,5-12H2. The Labute approximate surface area is 140 Å². The summed E-state index contributed by atoms with van der Waals surface area (Å²) >= 11 is 1.94. The Morgan fingerprint density at radius 3 is 2.61 bits per heavy atom. The molecule has 5 nitrogen and oxygen atoms in total. The Morgan fingerprint density at radius 2 is 1.87 bits per heavy atom. The molecular weight excluding hydrogens is 310 g/mol. The van der Waals surface area contributed by atoms with E-state index in [1.807, 2.05) is 36.0 Å². The van der Waals surface area contributed by atoms with Crippen molar-refractivity contribution in [1.29, 1.82) is 0 Å². The third-order valence-corrected chi connectivity index (χ3v) is 5.66. The van der Waals surface area contributed by atoms with E-state index in [1.165, 1.54) is 0 Å². The van der Waals surface area contributed by atoms with Gasteiger partial charge in [0.05, 0.1) is 0 Å². The highest BCUT2D eigenvalue weighted by molar-refractivity contribution is 7.99. The summed E-state index contributed by atoms with van der Waals surface area (Å²) in [6.07, 6.45) is 1.78. The fraction of sp³-hybridized carbons (Fsp3) is 0.529. The van der Waals surface area contributed by atoms with Gasteiger partial charge in [0.1, 0.15) is 5.52 Å². The van der Waals surface area contributed by atoms with E-state index in [4.69, 9.17) is 4.42 Å². The largest absolute Gasteiger partial charge is 0.423 e. The number of hydrogen-bond donors (Lipinski definition) is 0. The molecule has 2 saturated heterocycles. The second-order valence-electron chi connectivity index (χ2n) is 6.16. The molecule has 0 atom stereocenters. The zero-order valence-corrected chi connectivity index (χ0v) is 13.9. The number of para-hydroxylation sites is 2. The van der Waals surface area contributed by atoms with Crippen molar-refractivity contribution in [1.82, 2.24) is 9.88 Å². The molecule has 0 saturated carbocycles. The predicted octanol–water partition coefficient (Wildman–Crippen LogP) is 2.62. The number of fused-ring (bicyclic) bond motifs is 1. The van der Waals surface area contributed by atoms with Crippen LogP contribution in [0.1, 0.15) is 12.8 Å². The number of oxazole rings is 1. The Bertz CT molecular complexity index is 655. The van der Waals surface area contributed by atoms with E-state index in [0.717, 1.165) is 61.6 Å². The van der Waals surface area contributed by atoms with Crippen molar-refractivity contribution in [3.05, 3.63) is 24.3 Å². The Hall–Kier alpha value is -1.69. The van der Waals surface area contributed by atoms with E-state index in [0.29, 0.717) is 11.9 Å². The number of nitrogens with zero attached hydrogens (tertiary/aromatic N) is 3. The number of aromatic nitrogens is 1. The van der Waals surface area contributed by atoms with Crippen LogP contribution in [0.3, 0.4) is 0 Å². The van der Waals surface area contributed by atoms with Gasteiger partial charge in [-0.2, -0.15) is 16.7 Å². The highest BCUT2D eigenvalue weighted by atomic mass is 32.2. The average Bonchev–Trinajstić information content (AvgIpc) is 3.06. The first-order chi connectivity index (χ1) is 11.3. The Morgan fingerprint density at radius 1 is 1.13 bits per heavy atom. The molecular formula is C17H21N3O2S. The van der Waals surface area contributed by atoms with Gasteiger partial charge in [-0.15, -0.1) is 0 Å². The molecule has 6 heteroatoms. The van der Waals surface area contributed by atoms with Crippen molar-refractivity contribution >= 4 is 34.8 Å². The van der Waals surface area contributed by atoms with Crippen LogP contribution in [0.25, 0.3) is 11.1 Å². The number of anilines is 1. The van der Waals surface area contributed by atoms with Gasteiger partial charge in [-0.1, -0.05) is 12.1 Å². The van der Waals surface area contributed by atoms with Crippen LogP contribution in [0, 0.1) is 5.92 Å². The number of amides is 1. The summed E-state index contributed by atoms with van der Waals surface area (Å²) in [4.78, 5) is 21.4. The van der Waals surface area contributed by atoms with Crippen LogP contribution in [0.15, 0.2) is 28.7 Å². The minimum Gasteiger partial charge on any atom is -0.423 e. The van der Waals surface area contributed by atoms with E-state index in [-0.39, 0.29) is 5.92 Å². The van der Waals surface area contributed by atoms with Gasteiger partial charge >= 0.3 is 0 Å². The topological polar surface area (TPSA) is 49.6 Å². The van der Waals surface area contributed by atoms with E-state index >= 15 is 0 Å². The van der Waals surface area contributed by atoms with Gasteiger partial charge < -0.3 is 14.2 Å². The SMILES string of the molecule is O=C(C1CCN(c2nc3ccccc3o2)CC1)N1CCSCC1. The number of benzene rings is 1. The van der Waals surface area contributed by atoms with Crippen LogP contribution in [-0.4, -0.2) is 53.5 Å². The summed E-state index contributed by atoms with van der Waals surface area (Å²) < 4.78 is 5.84. The highest BCUT2D eigenvalue weighted by Gasteiger charge is 2.30. The normalized spacial score (nSPS) is 20.2. The molecule has 1 aromatic heterocycles. The van der Waals surface area contributed by atoms with Crippen LogP contribution in [-0.2, 0) is 4.79 Å². The first kappa shape index (κ1) is 14.9. The zero-order valence-electron chi connectivity index (χ0n) is 13.1. The lowest BCUT2D eigenvalue weighted by atomic mass is 9.95. The molecule has 3 heterocycles. The number of thioether (sulfide) groups is 1. The van der Waals surface area contributed by atoms with E-state index in [2.05, 4.69) is 14.8 Å². The molecule has 0 radical (unpaired) electrons. The monoisotopic (exact) mass is 331 g/mol. The molecule has 4 rings (SSSR count). The average molecular weight is 331 g/mol. The van der Waals surface area contributed by atoms with Gasteiger partial charge in [0.15, 0.2) is 5.58 Å². The second-order valence-corrected chi connectivity index (χ2v) is 7.39. The molecule has 0 unspecified atom stereocenters. The number of piperidine rings is 1. The number of hydrogen-bond acceptors (Lipinski definition) is 5. The molecule has 0 spiro atoms. The van der Waals surface area contributed by atoms with Crippen LogP contribution in [0.4, 0.5) is 6.01 Å². The van der Waals surface area contributed by atoms with Gasteiger partial charge in [-0.25, -0.2) is 0 Å². The zero-order chi connectivity index (χ0) is 15.6. The summed E-state index contributed by atoms with van der Waals surface area (Å²) in [5, 5.41) is 0. The van der Waals surface area contributed by atoms with Crippen molar-refractivity contribution in [2.45, 2.75) is 12.8 Å². The summed E-state index contributed by atoms with van der Waals surface area (Å²) in [6, 6.07) is 8.52. The van der Waals surface area contributed by atoms with Crippen molar-refractivity contribution in [3.8, 4) is 0 Å². The molecule has 0 aliphatic carbocycles.